The van der Waals surface area contributed by atoms with Crippen molar-refractivity contribution in [3.63, 3.8) is 0 Å². The largest absolute Gasteiger partial charge is 0.388 e. The van der Waals surface area contributed by atoms with E-state index in [9.17, 15) is 34.2 Å². The second-order valence-electron chi connectivity index (χ2n) is 23.8. The van der Waals surface area contributed by atoms with Crippen molar-refractivity contribution < 1.29 is 29.4 Å². The molecule has 5 aromatic rings. The zero-order chi connectivity index (χ0) is 56.3. The number of hydrogen-bond acceptors (Lipinski definition) is 10. The summed E-state index contributed by atoms with van der Waals surface area (Å²) in [6, 6.07) is 26.5. The van der Waals surface area contributed by atoms with Gasteiger partial charge in [0.2, 0.25) is 17.7 Å². The molecule has 0 radical (unpaired) electrons. The first-order valence-electron chi connectivity index (χ1n) is 29.0. The first-order chi connectivity index (χ1) is 38.5. The summed E-state index contributed by atoms with van der Waals surface area (Å²) in [6.07, 6.45) is 12.1. The van der Waals surface area contributed by atoms with Crippen LogP contribution in [0.25, 0.3) is 22.3 Å². The van der Waals surface area contributed by atoms with Gasteiger partial charge in [-0.05, 0) is 135 Å². The van der Waals surface area contributed by atoms with Gasteiger partial charge in [0.25, 0.3) is 5.56 Å². The molecule has 3 aromatic carbocycles. The van der Waals surface area contributed by atoms with E-state index >= 15 is 0 Å². The summed E-state index contributed by atoms with van der Waals surface area (Å²) in [6.45, 7) is 8.45. The Morgan fingerprint density at radius 2 is 1.60 bits per heavy atom. The third-order valence-electron chi connectivity index (χ3n) is 18.6. The van der Waals surface area contributed by atoms with Gasteiger partial charge in [-0.25, -0.2) is 4.98 Å². The number of aliphatic hydroxyl groups is 2. The number of fused-ring (bicyclic) bond motifs is 5. The fourth-order valence-corrected chi connectivity index (χ4v) is 14.0. The molecule has 0 unspecified atom stereocenters. The van der Waals surface area contributed by atoms with E-state index in [0.717, 1.165) is 54.5 Å². The summed E-state index contributed by atoms with van der Waals surface area (Å²) in [7, 11) is 3.81. The number of ketones is 1. The molecule has 6 atom stereocenters. The minimum absolute atomic E-state index is 0.0423. The fraction of sp³-hybridized carbons (Fsp3) is 0.492. The highest BCUT2D eigenvalue weighted by Gasteiger charge is 2.62. The summed E-state index contributed by atoms with van der Waals surface area (Å²) in [4.78, 5) is 73.7. The van der Waals surface area contributed by atoms with E-state index in [1.165, 1.54) is 33.2 Å². The van der Waals surface area contributed by atoms with E-state index in [2.05, 4.69) is 68.6 Å². The molecule has 10 rings (SSSR count). The molecular weight excluding hydrogens is 1000 g/mol. The van der Waals surface area contributed by atoms with Gasteiger partial charge in [0.1, 0.15) is 11.1 Å². The molecule has 3 amide bonds. The SMILES string of the molecule is CC#C[C@]1(O)CC[C@H]2[C@@H]3CCC4=CC(=O)CCC4=C3[C@@H](c3ccc(N(C)CCCC(=O)NCCCC(=O)NCc4ccc(-c5c6ncn(CC7(O)CCN(C(=O)C[C@@H](C)c8ccccc8)CC7)c(=O)c6nn5C)cc4)cc3)C[C@@]21C. The van der Waals surface area contributed by atoms with Gasteiger partial charge in [-0.15, -0.1) is 5.92 Å². The molecule has 2 saturated carbocycles. The molecule has 0 bridgehead atoms. The number of rotatable bonds is 18. The highest BCUT2D eigenvalue weighted by Crippen LogP contribution is 2.66. The van der Waals surface area contributed by atoms with Crippen molar-refractivity contribution in [3.05, 3.63) is 135 Å². The lowest BCUT2D eigenvalue weighted by Crippen LogP contribution is -2.51. The summed E-state index contributed by atoms with van der Waals surface area (Å²) in [5.41, 5.74) is 7.71. The van der Waals surface area contributed by atoms with Gasteiger partial charge in [0.05, 0.1) is 24.2 Å². The maximum absolute atomic E-state index is 13.8. The number of likely N-dealkylation sites (tertiary alicyclic amines) is 1. The summed E-state index contributed by atoms with van der Waals surface area (Å²) >= 11 is 0. The first kappa shape index (κ1) is 56.1. The predicted molar refractivity (Wildman–Crippen MR) is 310 cm³/mol. The molecule has 420 valence electrons. The number of hydrogen-bond donors (Lipinski definition) is 4. The maximum Gasteiger partial charge on any atom is 0.281 e. The van der Waals surface area contributed by atoms with Crippen molar-refractivity contribution >= 4 is 40.2 Å². The third kappa shape index (κ3) is 11.6. The third-order valence-corrected chi connectivity index (χ3v) is 18.6. The number of carbonyl (C=O) groups excluding carboxylic acids is 4. The van der Waals surface area contributed by atoms with E-state index in [4.69, 9.17) is 0 Å². The molecule has 5 aliphatic rings. The van der Waals surface area contributed by atoms with E-state index in [0.29, 0.717) is 107 Å². The van der Waals surface area contributed by atoms with Crippen LogP contribution < -0.4 is 21.1 Å². The molecule has 3 heterocycles. The van der Waals surface area contributed by atoms with Crippen molar-refractivity contribution in [1.82, 2.24) is 34.9 Å². The zero-order valence-electron chi connectivity index (χ0n) is 47.2. The minimum Gasteiger partial charge on any atom is -0.388 e. The molecular formula is C65H78N8O7. The molecule has 1 saturated heterocycles. The summed E-state index contributed by atoms with van der Waals surface area (Å²) < 4.78 is 3.05. The standard InChI is InChI=1S/C65H78N8O7/c1-6-29-65(80)30-28-54-52-26-22-48-38-50(74)25-27-51(48)58(52)53(39-63(54,65)3)46-20-23-49(24-21-46)70(4)34-11-15-55(75)66-33-10-14-56(76)67-40-44-16-18-47(19-17-44)61-59-60(69-71(61)5)62(78)73(42-68-59)41-64(79)31-35-72(36-32-64)57(77)37-43(2)45-12-8-7-9-13-45/h7-9,12-13,16-21,23-24,38,42-43,52-54,79-80H,10-11,14-15,22,25-28,30-37,39-41H2,1-5H3,(H,66,75)(H,67,76)/t43-,52+,53-,54+,63+,65+/m1/s1. The van der Waals surface area contributed by atoms with Gasteiger partial charge in [-0.1, -0.05) is 92.1 Å². The van der Waals surface area contributed by atoms with E-state index in [1.807, 2.05) is 86.5 Å². The number of carbonyl (C=O) groups is 4. The number of amides is 3. The number of anilines is 1. The normalized spacial score (nSPS) is 23.5. The number of allylic oxidation sites excluding steroid dienone is 4. The van der Waals surface area contributed by atoms with E-state index < -0.39 is 11.2 Å². The predicted octanol–water partition coefficient (Wildman–Crippen LogP) is 8.43. The average molecular weight is 1080 g/mol. The molecule has 4 N–H and O–H groups in total. The Bertz CT molecular complexity index is 3320. The molecule has 15 nitrogen and oxygen atoms in total. The Morgan fingerprint density at radius 1 is 0.875 bits per heavy atom. The monoisotopic (exact) mass is 1080 g/mol. The molecule has 3 fully saturated rings. The lowest BCUT2D eigenvalue weighted by atomic mass is 9.51. The van der Waals surface area contributed by atoms with Crippen LogP contribution in [0.5, 0.6) is 0 Å². The van der Waals surface area contributed by atoms with E-state index in [1.54, 1.807) is 11.7 Å². The van der Waals surface area contributed by atoms with Crippen molar-refractivity contribution in [2.24, 2.45) is 24.3 Å². The highest BCUT2D eigenvalue weighted by molar-refractivity contribution is 5.93. The number of nitrogens with one attached hydrogen (secondary N) is 2. The van der Waals surface area contributed by atoms with Gasteiger partial charge < -0.3 is 30.6 Å². The highest BCUT2D eigenvalue weighted by atomic mass is 16.3. The van der Waals surface area contributed by atoms with Crippen LogP contribution in [0.2, 0.25) is 0 Å². The Morgan fingerprint density at radius 3 is 2.34 bits per heavy atom. The topological polar surface area (TPSA) is 192 Å². The number of benzene rings is 3. The van der Waals surface area contributed by atoms with E-state index in [-0.39, 0.29) is 64.8 Å². The summed E-state index contributed by atoms with van der Waals surface area (Å²) in [5.74, 6) is 7.41. The van der Waals surface area contributed by atoms with Crippen molar-refractivity contribution in [1.29, 1.82) is 0 Å². The van der Waals surface area contributed by atoms with Crippen LogP contribution in [-0.4, -0.2) is 102 Å². The van der Waals surface area contributed by atoms with Crippen LogP contribution in [0.1, 0.15) is 139 Å². The van der Waals surface area contributed by atoms with Gasteiger partial charge >= 0.3 is 0 Å². The Balaban J connectivity index is 0.649. The molecule has 2 aromatic heterocycles. The smallest absolute Gasteiger partial charge is 0.281 e. The lowest BCUT2D eigenvalue weighted by molar-refractivity contribution is -0.136. The van der Waals surface area contributed by atoms with Crippen molar-refractivity contribution in [2.75, 3.05) is 38.1 Å². The maximum atomic E-state index is 13.8. The number of nitrogens with zero attached hydrogens (tertiary/aromatic N) is 6. The lowest BCUT2D eigenvalue weighted by Gasteiger charge is -2.53. The Labute approximate surface area is 469 Å². The molecule has 15 heteroatoms. The zero-order valence-corrected chi connectivity index (χ0v) is 47.2. The number of piperidine rings is 1. The van der Waals surface area contributed by atoms with Crippen LogP contribution in [0.15, 0.2) is 113 Å². The van der Waals surface area contributed by atoms with Crippen LogP contribution >= 0.6 is 0 Å². The second-order valence-corrected chi connectivity index (χ2v) is 23.8. The Hall–Kier alpha value is -7.15. The average Bonchev–Trinajstić information content (AvgIpc) is 4.15. The molecule has 1 aliphatic heterocycles. The number of aromatic nitrogens is 4. The Kier molecular flexibility index (Phi) is 16.5. The fourth-order valence-electron chi connectivity index (χ4n) is 14.0. The number of aryl methyl sites for hydroxylation is 1. The van der Waals surface area contributed by atoms with Crippen LogP contribution in [0, 0.1) is 29.1 Å². The first-order valence-corrected chi connectivity index (χ1v) is 29.0. The molecule has 80 heavy (non-hydrogen) atoms. The minimum atomic E-state index is -1.17. The van der Waals surface area contributed by atoms with Gasteiger partial charge in [-0.3, -0.25) is 33.2 Å². The van der Waals surface area contributed by atoms with Crippen molar-refractivity contribution in [2.45, 2.75) is 147 Å². The molecule has 4 aliphatic carbocycles. The summed E-state index contributed by atoms with van der Waals surface area (Å²) in [5, 5.41) is 34.1. The van der Waals surface area contributed by atoms with Crippen LogP contribution in [-0.2, 0) is 39.3 Å². The van der Waals surface area contributed by atoms with Gasteiger partial charge in [0.15, 0.2) is 11.3 Å². The second kappa shape index (κ2) is 23.5. The van der Waals surface area contributed by atoms with Crippen molar-refractivity contribution in [3.8, 4) is 23.1 Å². The van der Waals surface area contributed by atoms with Crippen LogP contribution in [0.4, 0.5) is 5.69 Å². The van der Waals surface area contributed by atoms with Gasteiger partial charge in [0, 0.05) is 95.1 Å². The molecule has 0 spiro atoms. The quantitative estimate of drug-likeness (QED) is 0.0489. The van der Waals surface area contributed by atoms with Crippen LogP contribution in [0.3, 0.4) is 0 Å². The van der Waals surface area contributed by atoms with Gasteiger partial charge in [-0.2, -0.15) is 5.10 Å².